The van der Waals surface area contributed by atoms with Crippen LogP contribution in [0.1, 0.15) is 12.0 Å². The molecule has 2 aromatic carbocycles. The molecule has 3 N–H and O–H groups in total. The van der Waals surface area contributed by atoms with Gasteiger partial charge in [0, 0.05) is 24.4 Å². The zero-order valence-corrected chi connectivity index (χ0v) is 16.2. The fraction of sp³-hybridized carbons (Fsp3) is 0.182. The molecule has 154 valence electrons. The molecular weight excluding hydrogens is 387 g/mol. The molecular formula is C22H21FN4O3. The van der Waals surface area contributed by atoms with Gasteiger partial charge < -0.3 is 25.3 Å². The topological polar surface area (TPSA) is 91.0 Å². The number of aliphatic imine (C=N–C) groups is 1. The van der Waals surface area contributed by atoms with Crippen LogP contribution in [-0.4, -0.2) is 24.2 Å². The Bertz CT molecular complexity index is 1040. The van der Waals surface area contributed by atoms with Gasteiger partial charge in [0.05, 0.1) is 26.0 Å². The summed E-state index contributed by atoms with van der Waals surface area (Å²) in [4.78, 5) is 8.21. The zero-order valence-electron chi connectivity index (χ0n) is 16.2. The van der Waals surface area contributed by atoms with Crippen LogP contribution in [0.2, 0.25) is 0 Å². The van der Waals surface area contributed by atoms with Gasteiger partial charge in [0.2, 0.25) is 0 Å². The normalized spacial score (nSPS) is 13.4. The first kappa shape index (κ1) is 19.5. The lowest BCUT2D eigenvalue weighted by Gasteiger charge is -2.11. The van der Waals surface area contributed by atoms with E-state index in [-0.39, 0.29) is 18.3 Å². The summed E-state index contributed by atoms with van der Waals surface area (Å²) in [5.74, 6) is 1.68. The van der Waals surface area contributed by atoms with E-state index in [0.717, 1.165) is 12.1 Å². The van der Waals surface area contributed by atoms with Gasteiger partial charge in [-0.15, -0.1) is 0 Å². The summed E-state index contributed by atoms with van der Waals surface area (Å²) in [6.07, 6.45) is 3.97. The third kappa shape index (κ3) is 4.96. The second-order valence-electron chi connectivity index (χ2n) is 6.59. The van der Waals surface area contributed by atoms with E-state index in [4.69, 9.17) is 19.9 Å². The molecule has 0 amide bonds. The highest BCUT2D eigenvalue weighted by molar-refractivity contribution is 5.92. The SMILES string of the molecule is NC(=NCc1ccc(Oc2cccnc2)c(F)c1)Nc1ccc2c(c1)OCCCO2. The summed E-state index contributed by atoms with van der Waals surface area (Å²) < 4.78 is 31.1. The number of nitrogens with two attached hydrogens (primary N) is 1. The molecule has 1 aliphatic heterocycles. The van der Waals surface area contributed by atoms with Crippen LogP contribution in [0.5, 0.6) is 23.0 Å². The van der Waals surface area contributed by atoms with Gasteiger partial charge in [0.25, 0.3) is 0 Å². The van der Waals surface area contributed by atoms with Gasteiger partial charge in [-0.2, -0.15) is 0 Å². The zero-order chi connectivity index (χ0) is 20.8. The molecule has 0 saturated carbocycles. The summed E-state index contributed by atoms with van der Waals surface area (Å²) in [5.41, 5.74) is 7.36. The van der Waals surface area contributed by atoms with Gasteiger partial charge in [-0.05, 0) is 42.0 Å². The molecule has 0 unspecified atom stereocenters. The number of anilines is 1. The number of benzene rings is 2. The number of rotatable bonds is 5. The monoisotopic (exact) mass is 408 g/mol. The Hall–Kier alpha value is -3.81. The molecule has 8 heteroatoms. The second-order valence-corrected chi connectivity index (χ2v) is 6.59. The number of hydrogen-bond acceptors (Lipinski definition) is 5. The first-order valence-corrected chi connectivity index (χ1v) is 9.50. The molecule has 0 spiro atoms. The number of nitrogens with one attached hydrogen (secondary N) is 1. The van der Waals surface area contributed by atoms with Crippen molar-refractivity contribution in [2.24, 2.45) is 10.7 Å². The van der Waals surface area contributed by atoms with Crippen molar-refractivity contribution in [2.45, 2.75) is 13.0 Å². The Labute approximate surface area is 173 Å². The highest BCUT2D eigenvalue weighted by Gasteiger charge is 2.11. The summed E-state index contributed by atoms with van der Waals surface area (Å²) in [6.45, 7) is 1.45. The average Bonchev–Trinajstić information content (AvgIpc) is 3.00. The highest BCUT2D eigenvalue weighted by Crippen LogP contribution is 2.32. The van der Waals surface area contributed by atoms with E-state index in [9.17, 15) is 4.39 Å². The minimum absolute atomic E-state index is 0.119. The van der Waals surface area contributed by atoms with Crippen molar-refractivity contribution in [3.05, 3.63) is 72.3 Å². The maximum atomic E-state index is 14.3. The van der Waals surface area contributed by atoms with Crippen molar-refractivity contribution in [3.63, 3.8) is 0 Å². The van der Waals surface area contributed by atoms with E-state index in [1.54, 1.807) is 30.5 Å². The Balaban J connectivity index is 1.38. The molecule has 0 fully saturated rings. The Morgan fingerprint density at radius 3 is 2.80 bits per heavy atom. The van der Waals surface area contributed by atoms with E-state index in [2.05, 4.69) is 15.3 Å². The second kappa shape index (κ2) is 9.13. The number of nitrogens with zero attached hydrogens (tertiary/aromatic N) is 2. The van der Waals surface area contributed by atoms with Crippen LogP contribution < -0.4 is 25.3 Å². The smallest absolute Gasteiger partial charge is 0.193 e. The number of hydrogen-bond donors (Lipinski definition) is 2. The molecule has 7 nitrogen and oxygen atoms in total. The van der Waals surface area contributed by atoms with E-state index in [0.29, 0.717) is 36.0 Å². The van der Waals surface area contributed by atoms with E-state index in [1.807, 2.05) is 18.2 Å². The summed E-state index contributed by atoms with van der Waals surface area (Å²) in [7, 11) is 0. The van der Waals surface area contributed by atoms with Crippen molar-refractivity contribution >= 4 is 11.6 Å². The van der Waals surface area contributed by atoms with Gasteiger partial charge in [-0.1, -0.05) is 6.07 Å². The van der Waals surface area contributed by atoms with Crippen LogP contribution in [0.25, 0.3) is 0 Å². The largest absolute Gasteiger partial charge is 0.490 e. The van der Waals surface area contributed by atoms with Crippen LogP contribution in [0.15, 0.2) is 65.9 Å². The van der Waals surface area contributed by atoms with Gasteiger partial charge in [-0.25, -0.2) is 9.38 Å². The van der Waals surface area contributed by atoms with E-state index in [1.165, 1.54) is 12.3 Å². The lowest BCUT2D eigenvalue weighted by atomic mass is 10.2. The standard InChI is InChI=1S/C22H21FN4O3/c23-18-11-15(4-6-19(18)30-17-3-1-8-25-14-17)13-26-22(24)27-16-5-7-20-21(12-16)29-10-2-9-28-20/h1,3-8,11-12,14H,2,9-10,13H2,(H3,24,26,27). The third-order valence-electron chi connectivity index (χ3n) is 4.31. The van der Waals surface area contributed by atoms with Crippen molar-refractivity contribution in [1.82, 2.24) is 4.98 Å². The molecule has 30 heavy (non-hydrogen) atoms. The fourth-order valence-corrected chi connectivity index (χ4v) is 2.86. The molecule has 2 heterocycles. The molecule has 3 aromatic rings. The summed E-state index contributed by atoms with van der Waals surface area (Å²) in [6, 6.07) is 13.6. The Morgan fingerprint density at radius 1 is 1.13 bits per heavy atom. The molecule has 1 aromatic heterocycles. The van der Waals surface area contributed by atoms with Crippen LogP contribution in [-0.2, 0) is 6.54 Å². The van der Waals surface area contributed by atoms with Crippen molar-refractivity contribution in [1.29, 1.82) is 0 Å². The molecule has 4 rings (SSSR count). The minimum atomic E-state index is -0.485. The fourth-order valence-electron chi connectivity index (χ4n) is 2.86. The van der Waals surface area contributed by atoms with Gasteiger partial charge >= 0.3 is 0 Å². The maximum absolute atomic E-state index is 14.3. The molecule has 0 saturated heterocycles. The summed E-state index contributed by atoms with van der Waals surface area (Å²) >= 11 is 0. The molecule has 1 aliphatic rings. The van der Waals surface area contributed by atoms with Gasteiger partial charge in [0.15, 0.2) is 29.0 Å². The molecule has 0 aliphatic carbocycles. The van der Waals surface area contributed by atoms with Gasteiger partial charge in [-0.3, -0.25) is 4.98 Å². The first-order valence-electron chi connectivity index (χ1n) is 9.50. The predicted octanol–water partition coefficient (Wildman–Crippen LogP) is 4.10. The number of aromatic nitrogens is 1. The minimum Gasteiger partial charge on any atom is -0.490 e. The average molecular weight is 408 g/mol. The Kier molecular flexibility index (Phi) is 5.93. The molecule has 0 radical (unpaired) electrons. The quantitative estimate of drug-likeness (QED) is 0.488. The molecule has 0 bridgehead atoms. The number of pyridine rings is 1. The number of guanidine groups is 1. The van der Waals surface area contributed by atoms with Gasteiger partial charge in [0.1, 0.15) is 5.75 Å². The number of halogens is 1. The van der Waals surface area contributed by atoms with Crippen LogP contribution in [0.4, 0.5) is 10.1 Å². The van der Waals surface area contributed by atoms with E-state index >= 15 is 0 Å². The predicted molar refractivity (Wildman–Crippen MR) is 112 cm³/mol. The lowest BCUT2D eigenvalue weighted by molar-refractivity contribution is 0.297. The first-order chi connectivity index (χ1) is 14.7. The number of ether oxygens (including phenoxy) is 3. The summed E-state index contributed by atoms with van der Waals surface area (Å²) in [5, 5.41) is 3.01. The number of fused-ring (bicyclic) bond motifs is 1. The molecule has 0 atom stereocenters. The third-order valence-corrected chi connectivity index (χ3v) is 4.31. The van der Waals surface area contributed by atoms with Crippen LogP contribution in [0.3, 0.4) is 0 Å². The van der Waals surface area contributed by atoms with E-state index < -0.39 is 5.82 Å². The van der Waals surface area contributed by atoms with Crippen LogP contribution >= 0.6 is 0 Å². The van der Waals surface area contributed by atoms with Crippen LogP contribution in [0, 0.1) is 5.82 Å². The van der Waals surface area contributed by atoms with Crippen molar-refractivity contribution < 1.29 is 18.6 Å². The van der Waals surface area contributed by atoms with Crippen molar-refractivity contribution in [3.8, 4) is 23.0 Å². The lowest BCUT2D eigenvalue weighted by Crippen LogP contribution is -2.22. The Morgan fingerprint density at radius 2 is 2.00 bits per heavy atom. The van der Waals surface area contributed by atoms with Crippen molar-refractivity contribution in [2.75, 3.05) is 18.5 Å². The highest BCUT2D eigenvalue weighted by atomic mass is 19.1. The maximum Gasteiger partial charge on any atom is 0.193 e.